The van der Waals surface area contributed by atoms with E-state index < -0.39 is 5.60 Å². The SMILES string of the molecule is CC1(O)CN(CC2CCCCC2=O)C1. The zero-order valence-corrected chi connectivity index (χ0v) is 8.83. The summed E-state index contributed by atoms with van der Waals surface area (Å²) in [6.07, 6.45) is 4.10. The minimum Gasteiger partial charge on any atom is -0.388 e. The van der Waals surface area contributed by atoms with Crippen LogP contribution in [0.25, 0.3) is 0 Å². The van der Waals surface area contributed by atoms with Crippen LogP contribution in [0.5, 0.6) is 0 Å². The molecule has 2 fully saturated rings. The summed E-state index contributed by atoms with van der Waals surface area (Å²) in [7, 11) is 0. The maximum absolute atomic E-state index is 11.5. The van der Waals surface area contributed by atoms with Crippen molar-refractivity contribution in [2.24, 2.45) is 5.92 Å². The van der Waals surface area contributed by atoms with Crippen molar-refractivity contribution in [3.8, 4) is 0 Å². The first-order valence-electron chi connectivity index (χ1n) is 5.54. The zero-order valence-electron chi connectivity index (χ0n) is 8.83. The Morgan fingerprint density at radius 2 is 2.21 bits per heavy atom. The van der Waals surface area contributed by atoms with E-state index >= 15 is 0 Å². The molecule has 1 aliphatic heterocycles. The summed E-state index contributed by atoms with van der Waals surface area (Å²) >= 11 is 0. The number of carbonyl (C=O) groups excluding carboxylic acids is 1. The predicted octanol–water partition coefficient (Wildman–Crippen LogP) is 0.812. The van der Waals surface area contributed by atoms with Gasteiger partial charge in [0.1, 0.15) is 5.78 Å². The van der Waals surface area contributed by atoms with Gasteiger partial charge in [-0.05, 0) is 19.8 Å². The molecule has 1 unspecified atom stereocenters. The number of ketones is 1. The van der Waals surface area contributed by atoms with Crippen LogP contribution < -0.4 is 0 Å². The normalized spacial score (nSPS) is 32.7. The first-order chi connectivity index (χ1) is 6.57. The number of aliphatic hydroxyl groups is 1. The third-order valence-corrected chi connectivity index (χ3v) is 3.29. The van der Waals surface area contributed by atoms with Crippen molar-refractivity contribution in [1.82, 2.24) is 4.90 Å². The predicted molar refractivity (Wildman–Crippen MR) is 54.0 cm³/mol. The first kappa shape index (κ1) is 10.1. The Morgan fingerprint density at radius 3 is 2.79 bits per heavy atom. The summed E-state index contributed by atoms with van der Waals surface area (Å²) in [4.78, 5) is 13.7. The quantitative estimate of drug-likeness (QED) is 0.712. The minimum absolute atomic E-state index is 0.250. The fourth-order valence-corrected chi connectivity index (χ4v) is 2.61. The van der Waals surface area contributed by atoms with Gasteiger partial charge in [-0.1, -0.05) is 6.42 Å². The third-order valence-electron chi connectivity index (χ3n) is 3.29. The molecule has 14 heavy (non-hydrogen) atoms. The fourth-order valence-electron chi connectivity index (χ4n) is 2.61. The highest BCUT2D eigenvalue weighted by Crippen LogP contribution is 2.26. The Morgan fingerprint density at radius 1 is 1.50 bits per heavy atom. The topological polar surface area (TPSA) is 40.5 Å². The molecule has 1 N–H and O–H groups in total. The fraction of sp³-hybridized carbons (Fsp3) is 0.909. The van der Waals surface area contributed by atoms with E-state index in [-0.39, 0.29) is 5.92 Å². The molecule has 0 amide bonds. The average Bonchev–Trinajstić information content (AvgIpc) is 2.05. The minimum atomic E-state index is -0.502. The van der Waals surface area contributed by atoms with Crippen molar-refractivity contribution in [1.29, 1.82) is 0 Å². The number of β-amino-alcohol motifs (C(OH)–C–C–N with tert-alkyl or cyclic N) is 1. The molecule has 1 aliphatic carbocycles. The van der Waals surface area contributed by atoms with Crippen molar-refractivity contribution in [3.63, 3.8) is 0 Å². The van der Waals surface area contributed by atoms with Gasteiger partial charge in [-0.15, -0.1) is 0 Å². The lowest BCUT2D eigenvalue weighted by Gasteiger charge is -2.45. The summed E-state index contributed by atoms with van der Waals surface area (Å²) < 4.78 is 0. The Bertz CT molecular complexity index is 229. The second-order valence-corrected chi connectivity index (χ2v) is 5.08. The van der Waals surface area contributed by atoms with Crippen LogP contribution >= 0.6 is 0 Å². The molecule has 0 radical (unpaired) electrons. The Balaban J connectivity index is 1.78. The molecular formula is C11H19NO2. The summed E-state index contributed by atoms with van der Waals surface area (Å²) in [6, 6.07) is 0. The number of rotatable bonds is 2. The van der Waals surface area contributed by atoms with Gasteiger partial charge in [0.25, 0.3) is 0 Å². The van der Waals surface area contributed by atoms with E-state index in [1.54, 1.807) is 0 Å². The molecule has 80 valence electrons. The summed E-state index contributed by atoms with van der Waals surface area (Å²) in [6.45, 7) is 4.19. The summed E-state index contributed by atoms with van der Waals surface area (Å²) in [5.41, 5.74) is -0.502. The van der Waals surface area contributed by atoms with Crippen LogP contribution in [-0.4, -0.2) is 41.0 Å². The maximum Gasteiger partial charge on any atom is 0.137 e. The van der Waals surface area contributed by atoms with Crippen molar-refractivity contribution in [2.45, 2.75) is 38.2 Å². The molecule has 0 aromatic heterocycles. The van der Waals surface area contributed by atoms with Gasteiger partial charge in [0.2, 0.25) is 0 Å². The summed E-state index contributed by atoms with van der Waals surface area (Å²) in [5, 5.41) is 9.55. The molecule has 2 rings (SSSR count). The van der Waals surface area contributed by atoms with Crippen LogP contribution in [0.15, 0.2) is 0 Å². The highest BCUT2D eigenvalue weighted by molar-refractivity contribution is 5.81. The smallest absolute Gasteiger partial charge is 0.137 e. The Labute approximate surface area is 85.1 Å². The van der Waals surface area contributed by atoms with Crippen LogP contribution in [-0.2, 0) is 4.79 Å². The molecule has 3 heteroatoms. The Hall–Kier alpha value is -0.410. The first-order valence-corrected chi connectivity index (χ1v) is 5.54. The van der Waals surface area contributed by atoms with E-state index in [0.717, 1.165) is 38.9 Å². The lowest BCUT2D eigenvalue weighted by molar-refractivity contribution is -0.129. The van der Waals surface area contributed by atoms with E-state index in [9.17, 15) is 9.90 Å². The number of hydrogen-bond donors (Lipinski definition) is 1. The van der Waals surface area contributed by atoms with E-state index in [1.807, 2.05) is 6.92 Å². The third kappa shape index (κ3) is 2.15. The molecule has 1 atom stereocenters. The molecule has 1 heterocycles. The average molecular weight is 197 g/mol. The molecule has 1 saturated carbocycles. The van der Waals surface area contributed by atoms with Crippen LogP contribution in [0.3, 0.4) is 0 Å². The van der Waals surface area contributed by atoms with Crippen molar-refractivity contribution in [3.05, 3.63) is 0 Å². The molecule has 0 aromatic rings. The monoisotopic (exact) mass is 197 g/mol. The molecule has 0 bridgehead atoms. The second kappa shape index (κ2) is 3.63. The van der Waals surface area contributed by atoms with Gasteiger partial charge >= 0.3 is 0 Å². The molecule has 0 aromatic carbocycles. The van der Waals surface area contributed by atoms with E-state index in [0.29, 0.717) is 5.78 Å². The number of likely N-dealkylation sites (tertiary alicyclic amines) is 1. The van der Waals surface area contributed by atoms with Crippen molar-refractivity contribution in [2.75, 3.05) is 19.6 Å². The van der Waals surface area contributed by atoms with E-state index in [4.69, 9.17) is 0 Å². The highest BCUT2D eigenvalue weighted by atomic mass is 16.3. The van der Waals surface area contributed by atoms with Gasteiger partial charge in [-0.25, -0.2) is 0 Å². The van der Waals surface area contributed by atoms with Gasteiger partial charge in [-0.3, -0.25) is 9.69 Å². The molecular weight excluding hydrogens is 178 g/mol. The van der Waals surface area contributed by atoms with Gasteiger partial charge in [0, 0.05) is 32.0 Å². The Kier molecular flexibility index (Phi) is 2.62. The van der Waals surface area contributed by atoms with Crippen molar-refractivity contribution >= 4 is 5.78 Å². The number of Topliss-reactive ketones (excluding diaryl/α,β-unsaturated/α-hetero) is 1. The van der Waals surface area contributed by atoms with Gasteiger partial charge < -0.3 is 5.11 Å². The second-order valence-electron chi connectivity index (χ2n) is 5.08. The van der Waals surface area contributed by atoms with E-state index in [1.165, 1.54) is 6.42 Å². The summed E-state index contributed by atoms with van der Waals surface area (Å²) in [5.74, 6) is 0.683. The molecule has 3 nitrogen and oxygen atoms in total. The lowest BCUT2D eigenvalue weighted by atomic mass is 9.85. The zero-order chi connectivity index (χ0) is 10.2. The maximum atomic E-state index is 11.5. The lowest BCUT2D eigenvalue weighted by Crippen LogP contribution is -2.61. The van der Waals surface area contributed by atoms with Gasteiger partial charge in [0.05, 0.1) is 5.60 Å². The van der Waals surface area contributed by atoms with Crippen LogP contribution in [0.1, 0.15) is 32.6 Å². The largest absolute Gasteiger partial charge is 0.388 e. The van der Waals surface area contributed by atoms with E-state index in [2.05, 4.69) is 4.90 Å². The molecule has 1 saturated heterocycles. The van der Waals surface area contributed by atoms with Crippen molar-refractivity contribution < 1.29 is 9.90 Å². The van der Waals surface area contributed by atoms with Crippen LogP contribution in [0.4, 0.5) is 0 Å². The molecule has 0 spiro atoms. The number of nitrogens with zero attached hydrogens (tertiary/aromatic N) is 1. The van der Waals surface area contributed by atoms with Gasteiger partial charge in [0.15, 0.2) is 0 Å². The van der Waals surface area contributed by atoms with Crippen LogP contribution in [0.2, 0.25) is 0 Å². The van der Waals surface area contributed by atoms with Crippen LogP contribution in [0, 0.1) is 5.92 Å². The van der Waals surface area contributed by atoms with Gasteiger partial charge in [-0.2, -0.15) is 0 Å². The standard InChI is InChI=1S/C11H19NO2/c1-11(14)7-12(8-11)6-9-4-2-3-5-10(9)13/h9,14H,2-8H2,1H3. The highest BCUT2D eigenvalue weighted by Gasteiger charge is 2.38. The molecule has 2 aliphatic rings. The number of carbonyl (C=O) groups is 1. The number of hydrogen-bond acceptors (Lipinski definition) is 3.